The lowest BCUT2D eigenvalue weighted by Crippen LogP contribution is -2.59. The second-order valence-electron chi connectivity index (χ2n) is 8.91. The zero-order valence-corrected chi connectivity index (χ0v) is 19.2. The number of carbonyl (C=O) groups is 3. The third-order valence-electron chi connectivity index (χ3n) is 6.39. The third kappa shape index (κ3) is 4.39. The van der Waals surface area contributed by atoms with Crippen LogP contribution in [0.1, 0.15) is 20.3 Å². The van der Waals surface area contributed by atoms with Crippen LogP contribution in [0.2, 0.25) is 5.02 Å². The van der Waals surface area contributed by atoms with Crippen molar-refractivity contribution in [1.82, 2.24) is 14.7 Å². The molecule has 3 aliphatic rings. The quantitative estimate of drug-likeness (QED) is 0.695. The summed E-state index contributed by atoms with van der Waals surface area (Å²) in [4.78, 5) is 46.8. The summed E-state index contributed by atoms with van der Waals surface area (Å²) in [5, 5.41) is 2.64. The number of hydrogen-bond acceptors (Lipinski definition) is 5. The first-order chi connectivity index (χ1) is 15.6. The molecule has 33 heavy (non-hydrogen) atoms. The van der Waals surface area contributed by atoms with Crippen LogP contribution in [0.25, 0.3) is 0 Å². The van der Waals surface area contributed by atoms with Gasteiger partial charge >= 0.3 is 6.03 Å². The Kier molecular flexibility index (Phi) is 6.04. The van der Waals surface area contributed by atoms with Crippen molar-refractivity contribution in [2.24, 2.45) is 16.1 Å². The Morgan fingerprint density at radius 2 is 2.06 bits per heavy atom. The molecule has 0 aromatic heterocycles. The van der Waals surface area contributed by atoms with Gasteiger partial charge in [-0.3, -0.25) is 14.6 Å². The van der Waals surface area contributed by atoms with Gasteiger partial charge < -0.3 is 25.8 Å². The Morgan fingerprint density at radius 3 is 2.70 bits per heavy atom. The van der Waals surface area contributed by atoms with Crippen LogP contribution in [0.4, 0.5) is 14.9 Å². The SMILES string of the molecule is CC(=O)N1CC2(CC(=O)N(C(=CN)C3=NC[C@H](C)N(C(=O)Nc4ccc(F)c(Cl)c4)C3)C2)C1. The van der Waals surface area contributed by atoms with E-state index in [-0.39, 0.29) is 34.8 Å². The molecular weight excluding hydrogens is 451 g/mol. The van der Waals surface area contributed by atoms with Gasteiger partial charge in [-0.15, -0.1) is 0 Å². The number of nitrogens with zero attached hydrogens (tertiary/aromatic N) is 4. The minimum absolute atomic E-state index is 0.00384. The molecule has 1 atom stereocenters. The van der Waals surface area contributed by atoms with Crippen LogP contribution in [-0.4, -0.2) is 77.0 Å². The van der Waals surface area contributed by atoms with Crippen molar-refractivity contribution >= 4 is 40.8 Å². The van der Waals surface area contributed by atoms with Crippen LogP contribution in [0.3, 0.4) is 0 Å². The first kappa shape index (κ1) is 23.0. The van der Waals surface area contributed by atoms with Crippen molar-refractivity contribution < 1.29 is 18.8 Å². The molecule has 0 aliphatic carbocycles. The number of amides is 4. The minimum Gasteiger partial charge on any atom is -0.403 e. The molecule has 3 aliphatic heterocycles. The van der Waals surface area contributed by atoms with E-state index < -0.39 is 11.8 Å². The Balaban J connectivity index is 1.46. The second-order valence-corrected chi connectivity index (χ2v) is 9.31. The van der Waals surface area contributed by atoms with Gasteiger partial charge in [0.1, 0.15) is 5.82 Å². The normalized spacial score (nSPS) is 22.4. The smallest absolute Gasteiger partial charge is 0.322 e. The van der Waals surface area contributed by atoms with E-state index in [0.29, 0.717) is 49.7 Å². The van der Waals surface area contributed by atoms with Gasteiger partial charge in [0, 0.05) is 50.3 Å². The summed E-state index contributed by atoms with van der Waals surface area (Å²) in [6.07, 6.45) is 1.69. The topological polar surface area (TPSA) is 111 Å². The number of rotatable bonds is 3. The fraction of sp³-hybridized carbons (Fsp3) is 0.455. The fourth-order valence-electron chi connectivity index (χ4n) is 4.57. The van der Waals surface area contributed by atoms with Crippen molar-refractivity contribution in [3.8, 4) is 0 Å². The molecule has 9 nitrogen and oxygen atoms in total. The largest absolute Gasteiger partial charge is 0.403 e. The van der Waals surface area contributed by atoms with Gasteiger partial charge in [0.2, 0.25) is 11.8 Å². The number of aliphatic imine (C=N–C) groups is 1. The average Bonchev–Trinajstić information content (AvgIpc) is 3.09. The van der Waals surface area contributed by atoms with E-state index in [1.165, 1.54) is 31.3 Å². The highest BCUT2D eigenvalue weighted by atomic mass is 35.5. The lowest BCUT2D eigenvalue weighted by atomic mass is 9.79. The highest BCUT2D eigenvalue weighted by molar-refractivity contribution is 6.31. The van der Waals surface area contributed by atoms with E-state index in [2.05, 4.69) is 10.3 Å². The number of benzene rings is 1. The van der Waals surface area contributed by atoms with Gasteiger partial charge in [0.05, 0.1) is 35.6 Å². The summed E-state index contributed by atoms with van der Waals surface area (Å²) < 4.78 is 13.4. The Morgan fingerprint density at radius 1 is 1.33 bits per heavy atom. The Labute approximate surface area is 196 Å². The van der Waals surface area contributed by atoms with Crippen LogP contribution in [0.5, 0.6) is 0 Å². The molecule has 1 aromatic carbocycles. The summed E-state index contributed by atoms with van der Waals surface area (Å²) in [6.45, 7) is 5.42. The molecule has 0 radical (unpaired) electrons. The van der Waals surface area contributed by atoms with Gasteiger partial charge in [-0.05, 0) is 25.1 Å². The molecule has 0 saturated carbocycles. The van der Waals surface area contributed by atoms with Crippen molar-refractivity contribution in [3.63, 3.8) is 0 Å². The molecule has 4 rings (SSSR count). The maximum absolute atomic E-state index is 13.4. The lowest BCUT2D eigenvalue weighted by Gasteiger charge is -2.47. The molecule has 2 saturated heterocycles. The number of anilines is 1. The van der Waals surface area contributed by atoms with Gasteiger partial charge in [0.25, 0.3) is 0 Å². The maximum atomic E-state index is 13.4. The van der Waals surface area contributed by atoms with E-state index in [1.807, 2.05) is 6.92 Å². The summed E-state index contributed by atoms with van der Waals surface area (Å²) in [5.74, 6) is -0.650. The van der Waals surface area contributed by atoms with Crippen molar-refractivity contribution in [3.05, 3.63) is 40.9 Å². The van der Waals surface area contributed by atoms with Crippen LogP contribution in [-0.2, 0) is 9.59 Å². The number of carbonyl (C=O) groups excluding carboxylic acids is 3. The molecule has 1 spiro atoms. The average molecular weight is 477 g/mol. The molecular formula is C22H26ClFN6O3. The van der Waals surface area contributed by atoms with E-state index in [9.17, 15) is 18.8 Å². The van der Waals surface area contributed by atoms with Gasteiger partial charge in [-0.2, -0.15) is 0 Å². The molecule has 0 bridgehead atoms. The molecule has 1 aromatic rings. The summed E-state index contributed by atoms with van der Waals surface area (Å²) in [5.41, 5.74) is 7.03. The van der Waals surface area contributed by atoms with E-state index in [0.717, 1.165) is 0 Å². The van der Waals surface area contributed by atoms with Gasteiger partial charge in [-0.1, -0.05) is 11.6 Å². The number of likely N-dealkylation sites (tertiary alicyclic amines) is 2. The highest BCUT2D eigenvalue weighted by Crippen LogP contribution is 2.41. The number of nitrogens with one attached hydrogen (secondary N) is 1. The summed E-state index contributed by atoms with van der Waals surface area (Å²) in [6, 6.07) is 3.37. The molecule has 4 amide bonds. The van der Waals surface area contributed by atoms with Crippen molar-refractivity contribution in [1.29, 1.82) is 0 Å². The van der Waals surface area contributed by atoms with Crippen LogP contribution >= 0.6 is 11.6 Å². The zero-order valence-electron chi connectivity index (χ0n) is 18.5. The third-order valence-corrected chi connectivity index (χ3v) is 6.68. The molecule has 3 heterocycles. The molecule has 176 valence electrons. The summed E-state index contributed by atoms with van der Waals surface area (Å²) >= 11 is 5.81. The van der Waals surface area contributed by atoms with E-state index >= 15 is 0 Å². The molecule has 2 fully saturated rings. The maximum Gasteiger partial charge on any atom is 0.322 e. The monoisotopic (exact) mass is 476 g/mol. The zero-order chi connectivity index (χ0) is 23.9. The van der Waals surface area contributed by atoms with Crippen LogP contribution in [0, 0.1) is 11.2 Å². The Bertz CT molecular complexity index is 1070. The molecule has 3 N–H and O–H groups in total. The number of hydrogen-bond donors (Lipinski definition) is 2. The van der Waals surface area contributed by atoms with Crippen LogP contribution in [0.15, 0.2) is 35.1 Å². The number of urea groups is 1. The highest BCUT2D eigenvalue weighted by Gasteiger charge is 2.53. The molecule has 0 unspecified atom stereocenters. The predicted molar refractivity (Wildman–Crippen MR) is 122 cm³/mol. The van der Waals surface area contributed by atoms with Crippen molar-refractivity contribution in [2.75, 3.05) is 38.0 Å². The van der Waals surface area contributed by atoms with Gasteiger partial charge in [0.15, 0.2) is 0 Å². The number of nitrogens with two attached hydrogens (primary N) is 1. The minimum atomic E-state index is -0.570. The van der Waals surface area contributed by atoms with E-state index in [4.69, 9.17) is 17.3 Å². The first-order valence-corrected chi connectivity index (χ1v) is 11.0. The van der Waals surface area contributed by atoms with Crippen molar-refractivity contribution in [2.45, 2.75) is 26.3 Å². The predicted octanol–water partition coefficient (Wildman–Crippen LogP) is 2.04. The van der Waals surface area contributed by atoms with Crippen LogP contribution < -0.4 is 11.1 Å². The Hall–Kier alpha value is -3.14. The summed E-state index contributed by atoms with van der Waals surface area (Å²) in [7, 11) is 0. The van der Waals surface area contributed by atoms with E-state index in [1.54, 1.807) is 14.7 Å². The first-order valence-electron chi connectivity index (χ1n) is 10.7. The lowest BCUT2D eigenvalue weighted by molar-refractivity contribution is -0.140. The fourth-order valence-corrected chi connectivity index (χ4v) is 4.75. The number of halogens is 2. The van der Waals surface area contributed by atoms with Gasteiger partial charge in [-0.25, -0.2) is 9.18 Å². The standard InChI is InChI=1S/C22H26ClFN6O3/c1-13-8-26-18(9-29(13)21(33)27-15-3-4-17(24)16(23)5-15)19(7-25)30-12-22(6-20(30)32)10-28(11-22)14(2)31/h3-5,7,13H,6,8-12,25H2,1-2H3,(H,27,33)/t13-/m0/s1. The molecule has 11 heteroatoms. The second kappa shape index (κ2) is 8.66.